The molecule has 2 amide bonds. The van der Waals surface area contributed by atoms with Crippen LogP contribution in [0.15, 0.2) is 24.3 Å². The van der Waals surface area contributed by atoms with E-state index >= 15 is 0 Å². The van der Waals surface area contributed by atoms with Crippen molar-refractivity contribution in [3.8, 4) is 0 Å². The number of hydrogen-bond acceptors (Lipinski definition) is 5. The van der Waals surface area contributed by atoms with Crippen molar-refractivity contribution in [2.24, 2.45) is 5.73 Å². The highest BCUT2D eigenvalue weighted by atomic mass is 32.2. The highest BCUT2D eigenvalue weighted by Crippen LogP contribution is 2.27. The average molecular weight is 307 g/mol. The zero-order chi connectivity index (χ0) is 14.8. The fourth-order valence-electron chi connectivity index (χ4n) is 2.56. The predicted molar refractivity (Wildman–Crippen MR) is 82.8 cm³/mol. The van der Waals surface area contributed by atoms with Gasteiger partial charge < -0.3 is 15.4 Å². The highest BCUT2D eigenvalue weighted by molar-refractivity contribution is 7.99. The number of nitrogens with two attached hydrogens (primary N) is 1. The van der Waals surface area contributed by atoms with Crippen LogP contribution in [0.5, 0.6) is 0 Å². The van der Waals surface area contributed by atoms with Gasteiger partial charge in [-0.3, -0.25) is 9.69 Å². The molecule has 0 aliphatic carbocycles. The Morgan fingerprint density at radius 3 is 2.43 bits per heavy atom. The predicted octanol–water partition coefficient (Wildman–Crippen LogP) is 1.05. The molecule has 2 aliphatic heterocycles. The van der Waals surface area contributed by atoms with E-state index in [0.29, 0.717) is 5.69 Å². The van der Waals surface area contributed by atoms with Crippen LogP contribution < -0.4 is 15.5 Å². The normalized spacial score (nSPS) is 22.3. The largest absolute Gasteiger partial charge is 0.446 e. The second-order valence-corrected chi connectivity index (χ2v) is 6.21. The van der Waals surface area contributed by atoms with E-state index in [9.17, 15) is 9.59 Å². The summed E-state index contributed by atoms with van der Waals surface area (Å²) in [6, 6.07) is 6.87. The van der Waals surface area contributed by atoms with Crippen molar-refractivity contribution < 1.29 is 14.3 Å². The minimum atomic E-state index is -0.727. The SMILES string of the molecule is NC(=O)C1COC(=O)N1c1ccc(N2CCSCC2)cc1. The fraction of sp³-hybridized carbons (Fsp3) is 0.429. The number of cyclic esters (lactones) is 1. The Morgan fingerprint density at radius 2 is 1.81 bits per heavy atom. The summed E-state index contributed by atoms with van der Waals surface area (Å²) in [5.41, 5.74) is 7.07. The van der Waals surface area contributed by atoms with E-state index in [0.717, 1.165) is 30.3 Å². The lowest BCUT2D eigenvalue weighted by molar-refractivity contribution is -0.119. The topological polar surface area (TPSA) is 75.9 Å². The quantitative estimate of drug-likeness (QED) is 0.903. The molecule has 1 aromatic rings. The molecular formula is C14H17N3O3S. The second-order valence-electron chi connectivity index (χ2n) is 4.98. The maximum atomic E-state index is 11.8. The van der Waals surface area contributed by atoms with Crippen LogP contribution in [-0.2, 0) is 9.53 Å². The number of hydrogen-bond donors (Lipinski definition) is 1. The standard InChI is InChI=1S/C14H17N3O3S/c15-13(18)12-9-20-14(19)17(12)11-3-1-10(2-4-11)16-5-7-21-8-6-16/h1-4,12H,5-9H2,(H2,15,18). The first-order valence-electron chi connectivity index (χ1n) is 6.85. The van der Waals surface area contributed by atoms with Crippen LogP contribution >= 0.6 is 11.8 Å². The third kappa shape index (κ3) is 2.78. The highest BCUT2D eigenvalue weighted by Gasteiger charge is 2.37. The Morgan fingerprint density at radius 1 is 1.19 bits per heavy atom. The van der Waals surface area contributed by atoms with Crippen molar-refractivity contribution in [3.63, 3.8) is 0 Å². The van der Waals surface area contributed by atoms with Crippen molar-refractivity contribution in [1.82, 2.24) is 0 Å². The lowest BCUT2D eigenvalue weighted by Crippen LogP contribution is -2.43. The second kappa shape index (κ2) is 5.85. The summed E-state index contributed by atoms with van der Waals surface area (Å²) < 4.78 is 4.91. The van der Waals surface area contributed by atoms with Gasteiger partial charge in [-0.1, -0.05) is 0 Å². The molecule has 6 nitrogen and oxygen atoms in total. The Labute approximate surface area is 127 Å². The first-order chi connectivity index (χ1) is 10.2. The number of thioether (sulfide) groups is 1. The zero-order valence-corrected chi connectivity index (χ0v) is 12.3. The Balaban J connectivity index is 1.79. The molecule has 0 saturated carbocycles. The van der Waals surface area contributed by atoms with Crippen molar-refractivity contribution in [3.05, 3.63) is 24.3 Å². The number of carbonyl (C=O) groups is 2. The van der Waals surface area contributed by atoms with E-state index in [-0.39, 0.29) is 6.61 Å². The van der Waals surface area contributed by atoms with Crippen LogP contribution in [0, 0.1) is 0 Å². The van der Waals surface area contributed by atoms with E-state index in [1.807, 2.05) is 36.0 Å². The van der Waals surface area contributed by atoms with E-state index in [2.05, 4.69) is 4.90 Å². The maximum Gasteiger partial charge on any atom is 0.415 e. The monoisotopic (exact) mass is 307 g/mol. The molecule has 21 heavy (non-hydrogen) atoms. The van der Waals surface area contributed by atoms with E-state index < -0.39 is 18.0 Å². The van der Waals surface area contributed by atoms with Crippen LogP contribution in [0.4, 0.5) is 16.2 Å². The summed E-state index contributed by atoms with van der Waals surface area (Å²) in [6.07, 6.45) is -0.527. The number of anilines is 2. The Hall–Kier alpha value is -1.89. The molecule has 2 fully saturated rings. The molecule has 0 spiro atoms. The lowest BCUT2D eigenvalue weighted by atomic mass is 10.2. The summed E-state index contributed by atoms with van der Waals surface area (Å²) in [6.45, 7) is 2.07. The molecule has 1 aromatic carbocycles. The number of nitrogens with zero attached hydrogens (tertiary/aromatic N) is 2. The summed E-state index contributed by atoms with van der Waals surface area (Å²) in [4.78, 5) is 26.8. The van der Waals surface area contributed by atoms with Gasteiger partial charge in [0, 0.05) is 36.0 Å². The van der Waals surface area contributed by atoms with Crippen LogP contribution in [-0.4, -0.2) is 49.2 Å². The number of amides is 2. The van der Waals surface area contributed by atoms with Gasteiger partial charge in [-0.2, -0.15) is 11.8 Å². The third-order valence-corrected chi connectivity index (χ3v) is 4.65. The van der Waals surface area contributed by atoms with Crippen molar-refractivity contribution in [2.75, 3.05) is 41.0 Å². The molecule has 2 saturated heterocycles. The Kier molecular flexibility index (Phi) is 3.92. The summed E-state index contributed by atoms with van der Waals surface area (Å²) in [7, 11) is 0. The Bertz CT molecular complexity index is 543. The molecule has 2 heterocycles. The van der Waals surface area contributed by atoms with Crippen molar-refractivity contribution in [1.29, 1.82) is 0 Å². The first kappa shape index (κ1) is 14.1. The van der Waals surface area contributed by atoms with Gasteiger partial charge in [-0.25, -0.2) is 4.79 Å². The molecule has 0 bridgehead atoms. The van der Waals surface area contributed by atoms with E-state index in [4.69, 9.17) is 10.5 Å². The van der Waals surface area contributed by atoms with Crippen LogP contribution in [0.25, 0.3) is 0 Å². The van der Waals surface area contributed by atoms with Gasteiger partial charge in [0.05, 0.1) is 0 Å². The fourth-order valence-corrected chi connectivity index (χ4v) is 3.46. The van der Waals surface area contributed by atoms with E-state index in [1.54, 1.807) is 0 Å². The summed E-state index contributed by atoms with van der Waals surface area (Å²) in [5, 5.41) is 0. The number of carbonyl (C=O) groups excluding carboxylic acids is 2. The molecular weight excluding hydrogens is 290 g/mol. The minimum absolute atomic E-state index is 0.0132. The molecule has 112 valence electrons. The van der Waals surface area contributed by atoms with Gasteiger partial charge >= 0.3 is 6.09 Å². The lowest BCUT2D eigenvalue weighted by Gasteiger charge is -2.29. The third-order valence-electron chi connectivity index (χ3n) is 3.71. The average Bonchev–Trinajstić information content (AvgIpc) is 2.90. The van der Waals surface area contributed by atoms with Crippen LogP contribution in [0.3, 0.4) is 0 Å². The van der Waals surface area contributed by atoms with Crippen molar-refractivity contribution >= 4 is 35.1 Å². The van der Waals surface area contributed by atoms with Gasteiger partial charge in [0.15, 0.2) is 6.04 Å². The van der Waals surface area contributed by atoms with Gasteiger partial charge in [0.25, 0.3) is 0 Å². The molecule has 1 atom stereocenters. The summed E-state index contributed by atoms with van der Waals surface area (Å²) >= 11 is 1.96. The molecule has 1 unspecified atom stereocenters. The smallest absolute Gasteiger partial charge is 0.415 e. The number of ether oxygens (including phenoxy) is 1. The molecule has 3 rings (SSSR count). The van der Waals surface area contributed by atoms with Gasteiger partial charge in [-0.15, -0.1) is 0 Å². The van der Waals surface area contributed by atoms with E-state index in [1.165, 1.54) is 4.90 Å². The number of benzene rings is 1. The van der Waals surface area contributed by atoms with Crippen LogP contribution in [0.1, 0.15) is 0 Å². The minimum Gasteiger partial charge on any atom is -0.446 e. The van der Waals surface area contributed by atoms with Crippen molar-refractivity contribution in [2.45, 2.75) is 6.04 Å². The maximum absolute atomic E-state index is 11.8. The molecule has 7 heteroatoms. The number of rotatable bonds is 3. The van der Waals surface area contributed by atoms with Gasteiger partial charge in [-0.05, 0) is 24.3 Å². The molecule has 0 radical (unpaired) electrons. The zero-order valence-electron chi connectivity index (χ0n) is 11.5. The molecule has 2 aliphatic rings. The van der Waals surface area contributed by atoms with Crippen LogP contribution in [0.2, 0.25) is 0 Å². The molecule has 0 aromatic heterocycles. The summed E-state index contributed by atoms with van der Waals surface area (Å²) in [5.74, 6) is 1.70. The van der Waals surface area contributed by atoms with Gasteiger partial charge in [0.2, 0.25) is 5.91 Å². The first-order valence-corrected chi connectivity index (χ1v) is 8.00. The molecule has 2 N–H and O–H groups in total. The van der Waals surface area contributed by atoms with Gasteiger partial charge in [0.1, 0.15) is 6.61 Å². The number of primary amides is 1.